The first-order chi connectivity index (χ1) is 9.63. The second-order valence-corrected chi connectivity index (χ2v) is 4.15. The quantitative estimate of drug-likeness (QED) is 0.898. The molecule has 2 rings (SSSR count). The number of hydrogen-bond acceptors (Lipinski definition) is 4. The van der Waals surface area contributed by atoms with E-state index < -0.39 is 5.82 Å². The van der Waals surface area contributed by atoms with Crippen LogP contribution in [0.3, 0.4) is 0 Å². The van der Waals surface area contributed by atoms with Crippen molar-refractivity contribution >= 4 is 5.69 Å². The van der Waals surface area contributed by atoms with E-state index >= 15 is 0 Å². The fourth-order valence-corrected chi connectivity index (χ4v) is 1.78. The zero-order valence-electron chi connectivity index (χ0n) is 10.9. The van der Waals surface area contributed by atoms with Gasteiger partial charge in [0.15, 0.2) is 0 Å². The van der Waals surface area contributed by atoms with Gasteiger partial charge in [-0.2, -0.15) is 5.26 Å². The maximum atomic E-state index is 13.0. The standard InChI is InChI=1S/C15H13FN2O2/c1-20-13-3-5-15(19)11(7-13)9-18-14-4-2-12(16)6-10(14)8-17/h2-7,18-19H,9H2,1H3. The Kier molecular flexibility index (Phi) is 4.06. The molecular formula is C15H13FN2O2. The molecule has 0 saturated heterocycles. The highest BCUT2D eigenvalue weighted by Crippen LogP contribution is 2.24. The van der Waals surface area contributed by atoms with Gasteiger partial charge in [-0.25, -0.2) is 4.39 Å². The first kappa shape index (κ1) is 13.7. The van der Waals surface area contributed by atoms with Crippen molar-refractivity contribution < 1.29 is 14.2 Å². The van der Waals surface area contributed by atoms with Gasteiger partial charge in [-0.05, 0) is 36.4 Å². The highest BCUT2D eigenvalue weighted by Gasteiger charge is 2.06. The average Bonchev–Trinajstić information content (AvgIpc) is 2.47. The van der Waals surface area contributed by atoms with Crippen molar-refractivity contribution in [2.24, 2.45) is 0 Å². The van der Waals surface area contributed by atoms with Crippen LogP contribution in [0, 0.1) is 17.1 Å². The fourth-order valence-electron chi connectivity index (χ4n) is 1.78. The Hall–Kier alpha value is -2.74. The maximum Gasteiger partial charge on any atom is 0.124 e. The summed E-state index contributed by atoms with van der Waals surface area (Å²) in [5, 5.41) is 21.7. The van der Waals surface area contributed by atoms with Crippen molar-refractivity contribution in [3.8, 4) is 17.6 Å². The number of phenols is 1. The molecule has 0 aliphatic heterocycles. The monoisotopic (exact) mass is 272 g/mol. The smallest absolute Gasteiger partial charge is 0.124 e. The number of nitrogens with one attached hydrogen (secondary N) is 1. The maximum absolute atomic E-state index is 13.0. The van der Waals surface area contributed by atoms with E-state index in [-0.39, 0.29) is 11.3 Å². The number of anilines is 1. The lowest BCUT2D eigenvalue weighted by molar-refractivity contribution is 0.411. The van der Waals surface area contributed by atoms with E-state index in [4.69, 9.17) is 10.00 Å². The summed E-state index contributed by atoms with van der Waals surface area (Å²) in [7, 11) is 1.54. The van der Waals surface area contributed by atoms with Crippen LogP contribution < -0.4 is 10.1 Å². The molecule has 2 aromatic rings. The zero-order chi connectivity index (χ0) is 14.5. The topological polar surface area (TPSA) is 65.3 Å². The van der Waals surface area contributed by atoms with Crippen molar-refractivity contribution in [1.29, 1.82) is 5.26 Å². The van der Waals surface area contributed by atoms with E-state index in [1.54, 1.807) is 12.1 Å². The SMILES string of the molecule is COc1ccc(O)c(CNc2ccc(F)cc2C#N)c1. The third-order valence-electron chi connectivity index (χ3n) is 2.86. The minimum absolute atomic E-state index is 0.124. The van der Waals surface area contributed by atoms with E-state index in [2.05, 4.69) is 5.32 Å². The Bertz CT molecular complexity index is 665. The van der Waals surface area contributed by atoms with Crippen molar-refractivity contribution in [1.82, 2.24) is 0 Å². The molecule has 0 bridgehead atoms. The van der Waals surface area contributed by atoms with Crippen molar-refractivity contribution in [3.05, 3.63) is 53.3 Å². The van der Waals surface area contributed by atoms with Crippen LogP contribution in [0.15, 0.2) is 36.4 Å². The summed E-state index contributed by atoms with van der Waals surface area (Å²) in [6.45, 7) is 0.295. The predicted molar refractivity (Wildman–Crippen MR) is 73.1 cm³/mol. The normalized spacial score (nSPS) is 9.85. The van der Waals surface area contributed by atoms with Crippen LogP contribution in [0.2, 0.25) is 0 Å². The Labute approximate surface area is 116 Å². The molecule has 0 saturated carbocycles. The molecule has 0 unspecified atom stereocenters. The molecule has 0 aliphatic carbocycles. The summed E-state index contributed by atoms with van der Waals surface area (Å²) in [5.41, 5.74) is 1.35. The van der Waals surface area contributed by atoms with E-state index in [9.17, 15) is 9.50 Å². The molecule has 0 amide bonds. The fraction of sp³-hybridized carbons (Fsp3) is 0.133. The summed E-state index contributed by atoms with van der Waals surface area (Å²) in [6, 6.07) is 10.7. The number of phenolic OH excluding ortho intramolecular Hbond substituents is 1. The number of methoxy groups -OCH3 is 1. The molecule has 0 atom stereocenters. The van der Waals surface area contributed by atoms with Gasteiger partial charge in [-0.15, -0.1) is 0 Å². The van der Waals surface area contributed by atoms with E-state index in [1.165, 1.54) is 25.3 Å². The lowest BCUT2D eigenvalue weighted by Crippen LogP contribution is -2.02. The van der Waals surface area contributed by atoms with Gasteiger partial charge in [0.2, 0.25) is 0 Å². The van der Waals surface area contributed by atoms with Gasteiger partial charge >= 0.3 is 0 Å². The van der Waals surface area contributed by atoms with Crippen molar-refractivity contribution in [2.45, 2.75) is 6.54 Å². The van der Waals surface area contributed by atoms with Crippen LogP contribution in [0.25, 0.3) is 0 Å². The summed E-state index contributed by atoms with van der Waals surface area (Å²) >= 11 is 0. The largest absolute Gasteiger partial charge is 0.508 e. The van der Waals surface area contributed by atoms with Crippen molar-refractivity contribution in [3.63, 3.8) is 0 Å². The minimum Gasteiger partial charge on any atom is -0.508 e. The number of benzene rings is 2. The predicted octanol–water partition coefficient (Wildman–Crippen LogP) is 3.02. The third-order valence-corrected chi connectivity index (χ3v) is 2.86. The number of ether oxygens (including phenoxy) is 1. The Morgan fingerprint density at radius 3 is 2.80 bits per heavy atom. The first-order valence-corrected chi connectivity index (χ1v) is 5.93. The molecule has 20 heavy (non-hydrogen) atoms. The molecule has 0 aromatic heterocycles. The van der Waals surface area contributed by atoms with Crippen LogP contribution in [-0.2, 0) is 6.54 Å². The molecule has 2 N–H and O–H groups in total. The Morgan fingerprint density at radius 1 is 1.30 bits per heavy atom. The van der Waals surface area contributed by atoms with Gasteiger partial charge in [0.25, 0.3) is 0 Å². The number of halogens is 1. The summed E-state index contributed by atoms with van der Waals surface area (Å²) in [5.74, 6) is 0.287. The number of nitrogens with zero attached hydrogens (tertiary/aromatic N) is 1. The van der Waals surface area contributed by atoms with Crippen LogP contribution in [-0.4, -0.2) is 12.2 Å². The molecular weight excluding hydrogens is 259 g/mol. The Morgan fingerprint density at radius 2 is 2.10 bits per heavy atom. The molecule has 0 spiro atoms. The van der Waals surface area contributed by atoms with E-state index in [1.807, 2.05) is 6.07 Å². The van der Waals surface area contributed by atoms with Crippen LogP contribution in [0.5, 0.6) is 11.5 Å². The number of aromatic hydroxyl groups is 1. The molecule has 4 nitrogen and oxygen atoms in total. The highest BCUT2D eigenvalue weighted by molar-refractivity contribution is 5.58. The van der Waals surface area contributed by atoms with Gasteiger partial charge < -0.3 is 15.2 Å². The molecule has 0 radical (unpaired) electrons. The second-order valence-electron chi connectivity index (χ2n) is 4.15. The molecule has 2 aromatic carbocycles. The molecule has 0 aliphatic rings. The lowest BCUT2D eigenvalue weighted by atomic mass is 10.1. The number of hydrogen-bond donors (Lipinski definition) is 2. The summed E-state index contributed by atoms with van der Waals surface area (Å²) in [4.78, 5) is 0. The van der Waals surface area contributed by atoms with Crippen LogP contribution >= 0.6 is 0 Å². The number of rotatable bonds is 4. The van der Waals surface area contributed by atoms with Gasteiger partial charge in [0.1, 0.15) is 23.4 Å². The lowest BCUT2D eigenvalue weighted by Gasteiger charge is -2.11. The van der Waals surface area contributed by atoms with Gasteiger partial charge in [0.05, 0.1) is 18.4 Å². The molecule has 0 heterocycles. The minimum atomic E-state index is -0.462. The summed E-state index contributed by atoms with van der Waals surface area (Å²) < 4.78 is 18.1. The Balaban J connectivity index is 2.19. The van der Waals surface area contributed by atoms with Crippen LogP contribution in [0.1, 0.15) is 11.1 Å². The van der Waals surface area contributed by atoms with Crippen molar-refractivity contribution in [2.75, 3.05) is 12.4 Å². The molecule has 102 valence electrons. The number of nitriles is 1. The van der Waals surface area contributed by atoms with E-state index in [0.29, 0.717) is 23.5 Å². The van der Waals surface area contributed by atoms with Crippen LogP contribution in [0.4, 0.5) is 10.1 Å². The zero-order valence-corrected chi connectivity index (χ0v) is 10.9. The highest BCUT2D eigenvalue weighted by atomic mass is 19.1. The van der Waals surface area contributed by atoms with Gasteiger partial charge in [-0.1, -0.05) is 0 Å². The molecule has 5 heteroatoms. The molecule has 0 fully saturated rings. The average molecular weight is 272 g/mol. The summed E-state index contributed by atoms with van der Waals surface area (Å²) in [6.07, 6.45) is 0. The van der Waals surface area contributed by atoms with Gasteiger partial charge in [0, 0.05) is 12.1 Å². The van der Waals surface area contributed by atoms with E-state index in [0.717, 1.165) is 6.07 Å². The third kappa shape index (κ3) is 2.98. The van der Waals surface area contributed by atoms with Gasteiger partial charge in [-0.3, -0.25) is 0 Å². The first-order valence-electron chi connectivity index (χ1n) is 5.93. The second kappa shape index (κ2) is 5.93.